The van der Waals surface area contributed by atoms with Crippen LogP contribution in [0.1, 0.15) is 70.8 Å². The molecule has 0 saturated heterocycles. The molecular weight excluding hydrogens is 432 g/mol. The normalized spacial score (nSPS) is 18.5. The number of hydrogen-bond acceptors (Lipinski definition) is 6. The topological polar surface area (TPSA) is 78.4 Å². The molecule has 0 unspecified atom stereocenters. The molecule has 4 rings (SSSR count). The summed E-state index contributed by atoms with van der Waals surface area (Å²) in [6, 6.07) is 6.84. The van der Waals surface area contributed by atoms with E-state index in [4.69, 9.17) is 11.6 Å². The summed E-state index contributed by atoms with van der Waals surface area (Å²) in [6.45, 7) is 7.45. The van der Waals surface area contributed by atoms with Gasteiger partial charge in [-0.2, -0.15) is 9.36 Å². The molecule has 0 aliphatic heterocycles. The summed E-state index contributed by atoms with van der Waals surface area (Å²) in [7, 11) is 0. The number of halogens is 1. The van der Waals surface area contributed by atoms with Crippen LogP contribution in [-0.2, 0) is 4.79 Å². The van der Waals surface area contributed by atoms with Gasteiger partial charge in [-0.3, -0.25) is 4.79 Å². The largest absolute Gasteiger partial charge is 0.481 e. The Labute approximate surface area is 193 Å². The minimum absolute atomic E-state index is 0.0781. The summed E-state index contributed by atoms with van der Waals surface area (Å²) >= 11 is 7.17. The number of nitrogens with zero attached hydrogens (tertiary/aromatic N) is 3. The summed E-state index contributed by atoms with van der Waals surface area (Å²) in [5.41, 5.74) is 3.68. The molecule has 168 valence electrons. The monoisotopic (exact) mass is 462 g/mol. The second-order valence-electron chi connectivity index (χ2n) is 9.73. The van der Waals surface area contributed by atoms with Gasteiger partial charge in [0, 0.05) is 24.1 Å². The van der Waals surface area contributed by atoms with Gasteiger partial charge in [-0.1, -0.05) is 33.3 Å². The number of carboxylic acid groups (broad SMARTS) is 1. The fraction of sp³-hybridized carbons (Fsp3) is 0.609. The Bertz CT molecular complexity index is 935. The van der Waals surface area contributed by atoms with Crippen molar-refractivity contribution in [1.29, 1.82) is 0 Å². The van der Waals surface area contributed by atoms with Crippen molar-refractivity contribution in [2.75, 3.05) is 16.8 Å². The predicted octanol–water partition coefficient (Wildman–Crippen LogP) is 6.31. The second kappa shape index (κ2) is 8.94. The highest BCUT2D eigenvalue weighted by Gasteiger charge is 2.50. The van der Waals surface area contributed by atoms with Gasteiger partial charge in [0.15, 0.2) is 0 Å². The maximum atomic E-state index is 11.2. The number of aliphatic carboxylic acids is 1. The molecule has 0 amide bonds. The van der Waals surface area contributed by atoms with E-state index in [-0.39, 0.29) is 17.6 Å². The number of benzene rings is 1. The summed E-state index contributed by atoms with van der Waals surface area (Å²) in [6.07, 6.45) is 6.75. The number of aromatic nitrogens is 2. The molecule has 1 aromatic heterocycles. The SMILES string of the molecule is CC(C)CN(c1ccc([C@H](C)CC(=O)O)cc1Nc1nc(Cl)ns1)C1CC2(CCC2)C1. The third-order valence-electron chi connectivity index (χ3n) is 6.78. The molecule has 1 heterocycles. The van der Waals surface area contributed by atoms with E-state index in [1.54, 1.807) is 0 Å². The van der Waals surface area contributed by atoms with Gasteiger partial charge in [0.25, 0.3) is 0 Å². The molecule has 2 aliphatic rings. The molecule has 0 radical (unpaired) electrons. The van der Waals surface area contributed by atoms with Crippen LogP contribution in [0.5, 0.6) is 0 Å². The first-order valence-corrected chi connectivity index (χ1v) is 12.3. The van der Waals surface area contributed by atoms with Gasteiger partial charge < -0.3 is 15.3 Å². The first-order valence-electron chi connectivity index (χ1n) is 11.1. The van der Waals surface area contributed by atoms with Crippen LogP contribution in [-0.4, -0.2) is 33.0 Å². The van der Waals surface area contributed by atoms with Gasteiger partial charge in [-0.25, -0.2) is 0 Å². The fourth-order valence-electron chi connectivity index (χ4n) is 5.04. The summed E-state index contributed by atoms with van der Waals surface area (Å²) < 4.78 is 4.07. The van der Waals surface area contributed by atoms with Crippen LogP contribution in [0.25, 0.3) is 0 Å². The molecule has 1 aromatic carbocycles. The first-order chi connectivity index (χ1) is 14.7. The van der Waals surface area contributed by atoms with Gasteiger partial charge in [0.2, 0.25) is 10.4 Å². The molecule has 8 heteroatoms. The highest BCUT2D eigenvalue weighted by molar-refractivity contribution is 7.10. The van der Waals surface area contributed by atoms with Crippen LogP contribution in [0.15, 0.2) is 18.2 Å². The van der Waals surface area contributed by atoms with E-state index in [0.717, 1.165) is 23.5 Å². The first kappa shape index (κ1) is 22.3. The number of hydrogen-bond donors (Lipinski definition) is 2. The lowest BCUT2D eigenvalue weighted by Gasteiger charge is -2.58. The number of carboxylic acids is 1. The summed E-state index contributed by atoms with van der Waals surface area (Å²) in [5.74, 6) is -0.332. The summed E-state index contributed by atoms with van der Waals surface area (Å²) in [4.78, 5) is 18.0. The Morgan fingerprint density at radius 3 is 2.65 bits per heavy atom. The number of carbonyl (C=O) groups is 1. The highest BCUT2D eigenvalue weighted by atomic mass is 35.5. The second-order valence-corrected chi connectivity index (χ2v) is 10.8. The van der Waals surface area contributed by atoms with Crippen LogP contribution >= 0.6 is 23.1 Å². The molecule has 2 fully saturated rings. The molecule has 2 aliphatic carbocycles. The average molecular weight is 463 g/mol. The van der Waals surface area contributed by atoms with E-state index in [1.165, 1.54) is 43.6 Å². The highest BCUT2D eigenvalue weighted by Crippen LogP contribution is 2.58. The zero-order valence-corrected chi connectivity index (χ0v) is 20.0. The zero-order chi connectivity index (χ0) is 22.2. The molecule has 2 aromatic rings. The molecule has 31 heavy (non-hydrogen) atoms. The minimum atomic E-state index is -0.788. The lowest BCUT2D eigenvalue weighted by atomic mass is 9.53. The average Bonchev–Trinajstić information content (AvgIpc) is 3.02. The Kier molecular flexibility index (Phi) is 6.44. The van der Waals surface area contributed by atoms with Crippen molar-refractivity contribution in [1.82, 2.24) is 9.36 Å². The molecule has 2 N–H and O–H groups in total. The van der Waals surface area contributed by atoms with Gasteiger partial charge in [-0.05, 0) is 72.2 Å². The fourth-order valence-corrected chi connectivity index (χ4v) is 5.77. The van der Waals surface area contributed by atoms with Crippen molar-refractivity contribution in [2.45, 2.75) is 71.3 Å². The molecule has 1 atom stereocenters. The quantitative estimate of drug-likeness (QED) is 0.454. The summed E-state index contributed by atoms with van der Waals surface area (Å²) in [5, 5.41) is 13.5. The van der Waals surface area contributed by atoms with Crippen molar-refractivity contribution >= 4 is 45.6 Å². The van der Waals surface area contributed by atoms with Crippen LogP contribution in [0.2, 0.25) is 5.28 Å². The number of anilines is 3. The number of nitrogens with one attached hydrogen (secondary N) is 1. The molecule has 1 spiro atoms. The van der Waals surface area contributed by atoms with E-state index in [1.807, 2.05) is 6.92 Å². The van der Waals surface area contributed by atoms with Crippen LogP contribution in [0, 0.1) is 11.3 Å². The Morgan fingerprint density at radius 1 is 1.35 bits per heavy atom. The number of rotatable bonds is 9. The van der Waals surface area contributed by atoms with Crippen LogP contribution in [0.4, 0.5) is 16.5 Å². The molecular formula is C23H31ClN4O2S. The van der Waals surface area contributed by atoms with Gasteiger partial charge in [-0.15, -0.1) is 0 Å². The van der Waals surface area contributed by atoms with E-state index in [9.17, 15) is 9.90 Å². The molecule has 6 nitrogen and oxygen atoms in total. The third kappa shape index (κ3) is 4.98. The lowest BCUT2D eigenvalue weighted by molar-refractivity contribution is -0.137. The van der Waals surface area contributed by atoms with Crippen LogP contribution in [0.3, 0.4) is 0 Å². The smallest absolute Gasteiger partial charge is 0.303 e. The maximum absolute atomic E-state index is 11.2. The van der Waals surface area contributed by atoms with Crippen LogP contribution < -0.4 is 10.2 Å². The Balaban J connectivity index is 1.66. The minimum Gasteiger partial charge on any atom is -0.481 e. The van der Waals surface area contributed by atoms with E-state index in [2.05, 4.69) is 51.6 Å². The van der Waals surface area contributed by atoms with E-state index < -0.39 is 5.97 Å². The zero-order valence-electron chi connectivity index (χ0n) is 18.4. The third-order valence-corrected chi connectivity index (χ3v) is 7.68. The van der Waals surface area contributed by atoms with E-state index >= 15 is 0 Å². The Morgan fingerprint density at radius 2 is 2.10 bits per heavy atom. The van der Waals surface area contributed by atoms with Crippen molar-refractivity contribution in [2.24, 2.45) is 11.3 Å². The van der Waals surface area contributed by atoms with E-state index in [0.29, 0.717) is 22.5 Å². The van der Waals surface area contributed by atoms with Crippen molar-refractivity contribution in [3.8, 4) is 0 Å². The molecule has 2 saturated carbocycles. The van der Waals surface area contributed by atoms with Gasteiger partial charge in [0.1, 0.15) is 0 Å². The van der Waals surface area contributed by atoms with Crippen molar-refractivity contribution in [3.05, 3.63) is 29.0 Å². The Hall–Kier alpha value is -1.86. The van der Waals surface area contributed by atoms with Gasteiger partial charge in [0.05, 0.1) is 17.8 Å². The predicted molar refractivity (Wildman–Crippen MR) is 127 cm³/mol. The maximum Gasteiger partial charge on any atom is 0.303 e. The lowest BCUT2D eigenvalue weighted by Crippen LogP contribution is -2.55. The van der Waals surface area contributed by atoms with Gasteiger partial charge >= 0.3 is 5.97 Å². The van der Waals surface area contributed by atoms with Crippen molar-refractivity contribution in [3.63, 3.8) is 0 Å². The standard InChI is InChI=1S/C23H31ClN4O2S/c1-14(2)13-28(17-11-23(12-17)7-4-8-23)19-6-5-16(15(3)9-20(29)30)10-18(19)25-22-26-21(24)27-31-22/h5-6,10,14-15,17H,4,7-9,11-13H2,1-3H3,(H,29,30)(H,25,26,27)/t15-/m1/s1. The molecule has 0 bridgehead atoms. The van der Waals surface area contributed by atoms with Crippen molar-refractivity contribution < 1.29 is 9.90 Å².